The molecule has 40 heavy (non-hydrogen) atoms. The molecule has 0 radical (unpaired) electrons. The monoisotopic (exact) mass is 549 g/mol. The average Bonchev–Trinajstić information content (AvgIpc) is 3.44. The van der Waals surface area contributed by atoms with Gasteiger partial charge in [0.1, 0.15) is 18.1 Å². The summed E-state index contributed by atoms with van der Waals surface area (Å²) in [5.41, 5.74) is 6.31. The molecule has 0 aliphatic carbocycles. The molecular weight excluding hydrogens is 522 g/mol. The summed E-state index contributed by atoms with van der Waals surface area (Å²) in [6, 6.07) is 34.9. The van der Waals surface area contributed by atoms with Crippen LogP contribution in [-0.4, -0.2) is 39.7 Å². The number of methoxy groups -OCH3 is 1. The molecule has 0 unspecified atom stereocenters. The van der Waals surface area contributed by atoms with E-state index in [9.17, 15) is 4.79 Å². The van der Waals surface area contributed by atoms with Crippen molar-refractivity contribution in [1.82, 2.24) is 20.2 Å². The number of nitrogens with one attached hydrogen (secondary N) is 1. The fourth-order valence-corrected chi connectivity index (χ4v) is 4.58. The van der Waals surface area contributed by atoms with Crippen molar-refractivity contribution in [2.45, 2.75) is 11.8 Å². The van der Waals surface area contributed by atoms with Crippen LogP contribution in [-0.2, 0) is 11.4 Å². The molecule has 0 spiro atoms. The van der Waals surface area contributed by atoms with Gasteiger partial charge in [-0.3, -0.25) is 9.36 Å². The summed E-state index contributed by atoms with van der Waals surface area (Å²) >= 11 is 1.29. The molecule has 1 aromatic heterocycles. The van der Waals surface area contributed by atoms with E-state index in [4.69, 9.17) is 9.47 Å². The fraction of sp³-hybridized carbons (Fsp3) is 0.0968. The van der Waals surface area contributed by atoms with Crippen LogP contribution >= 0.6 is 11.8 Å². The molecule has 0 fully saturated rings. The Morgan fingerprint density at radius 1 is 0.875 bits per heavy atom. The minimum Gasteiger partial charge on any atom is -0.497 e. The van der Waals surface area contributed by atoms with Gasteiger partial charge in [0.2, 0.25) is 0 Å². The highest BCUT2D eigenvalue weighted by atomic mass is 32.2. The number of thioether (sulfide) groups is 1. The van der Waals surface area contributed by atoms with Gasteiger partial charge in [0, 0.05) is 11.3 Å². The molecule has 1 N–H and O–H groups in total. The summed E-state index contributed by atoms with van der Waals surface area (Å²) in [5, 5.41) is 13.5. The number of hydrogen-bond donors (Lipinski definition) is 1. The third-order valence-electron chi connectivity index (χ3n) is 5.86. The molecular formula is C31H27N5O3S. The van der Waals surface area contributed by atoms with Crippen molar-refractivity contribution in [1.29, 1.82) is 0 Å². The number of aromatic nitrogens is 3. The van der Waals surface area contributed by atoms with Crippen molar-refractivity contribution in [2.75, 3.05) is 12.9 Å². The molecule has 1 amide bonds. The molecule has 4 aromatic carbocycles. The van der Waals surface area contributed by atoms with Gasteiger partial charge in [-0.1, -0.05) is 60.3 Å². The molecule has 8 nitrogen and oxygen atoms in total. The molecule has 200 valence electrons. The maximum atomic E-state index is 12.5. The molecule has 9 heteroatoms. The number of nitrogens with zero attached hydrogens (tertiary/aromatic N) is 4. The molecule has 0 aliphatic heterocycles. The Balaban J connectivity index is 1.18. The first-order chi connectivity index (χ1) is 19.7. The Bertz CT molecular complexity index is 1550. The van der Waals surface area contributed by atoms with Crippen LogP contribution in [0.2, 0.25) is 0 Å². The number of carbonyl (C=O) groups is 1. The second-order valence-corrected chi connectivity index (χ2v) is 9.57. The summed E-state index contributed by atoms with van der Waals surface area (Å²) in [4.78, 5) is 12.5. The van der Waals surface area contributed by atoms with E-state index >= 15 is 0 Å². The molecule has 0 aliphatic rings. The van der Waals surface area contributed by atoms with Crippen molar-refractivity contribution < 1.29 is 14.3 Å². The number of ether oxygens (including phenoxy) is 2. The Hall–Kier alpha value is -4.89. The van der Waals surface area contributed by atoms with Crippen molar-refractivity contribution >= 4 is 23.9 Å². The van der Waals surface area contributed by atoms with E-state index in [-0.39, 0.29) is 11.7 Å². The van der Waals surface area contributed by atoms with E-state index in [1.54, 1.807) is 13.3 Å². The van der Waals surface area contributed by atoms with E-state index in [0.29, 0.717) is 17.6 Å². The average molecular weight is 550 g/mol. The van der Waals surface area contributed by atoms with Gasteiger partial charge in [0.15, 0.2) is 11.0 Å². The predicted molar refractivity (Wildman–Crippen MR) is 157 cm³/mol. The smallest absolute Gasteiger partial charge is 0.250 e. The SMILES string of the molecule is COc1ccc(-c2nnc(SCC(=O)N/N=C/c3ccc(OCc4ccccc4)cc3)n2-c2ccccc2)cc1. The highest BCUT2D eigenvalue weighted by Crippen LogP contribution is 2.29. The third-order valence-corrected chi connectivity index (χ3v) is 6.79. The van der Waals surface area contributed by atoms with Crippen LogP contribution in [0.4, 0.5) is 0 Å². The summed E-state index contributed by atoms with van der Waals surface area (Å²) in [5.74, 6) is 2.06. The lowest BCUT2D eigenvalue weighted by Crippen LogP contribution is -2.20. The second kappa shape index (κ2) is 13.3. The lowest BCUT2D eigenvalue weighted by molar-refractivity contribution is -0.118. The standard InChI is InChI=1S/C31H27N5O3S/c1-38-27-18-14-25(15-19-27)30-34-35-31(36(30)26-10-6-3-7-11-26)40-22-29(37)33-32-20-23-12-16-28(17-13-23)39-21-24-8-4-2-5-9-24/h2-20H,21-22H2,1H3,(H,33,37)/b32-20+. The van der Waals surface area contributed by atoms with Crippen LogP contribution in [0.5, 0.6) is 11.5 Å². The van der Waals surface area contributed by atoms with Gasteiger partial charge in [0.05, 0.1) is 19.1 Å². The van der Waals surface area contributed by atoms with Gasteiger partial charge < -0.3 is 9.47 Å². The third kappa shape index (κ3) is 6.95. The summed E-state index contributed by atoms with van der Waals surface area (Å²) in [6.07, 6.45) is 1.60. The van der Waals surface area contributed by atoms with Crippen LogP contribution < -0.4 is 14.9 Å². The van der Waals surface area contributed by atoms with Crippen LogP contribution in [0, 0.1) is 0 Å². The molecule has 0 saturated carbocycles. The van der Waals surface area contributed by atoms with Gasteiger partial charge in [-0.25, -0.2) is 5.43 Å². The maximum Gasteiger partial charge on any atom is 0.250 e. The second-order valence-electron chi connectivity index (χ2n) is 8.63. The number of rotatable bonds is 11. The van der Waals surface area contributed by atoms with Crippen LogP contribution in [0.25, 0.3) is 17.1 Å². The first-order valence-corrected chi connectivity index (χ1v) is 13.5. The Morgan fingerprint density at radius 3 is 2.25 bits per heavy atom. The minimum absolute atomic E-state index is 0.122. The van der Waals surface area contributed by atoms with Gasteiger partial charge in [-0.15, -0.1) is 10.2 Å². The Morgan fingerprint density at radius 2 is 1.55 bits per heavy atom. The summed E-state index contributed by atoms with van der Waals surface area (Å²) < 4.78 is 13.0. The minimum atomic E-state index is -0.252. The molecule has 0 atom stereocenters. The number of hydrogen-bond acceptors (Lipinski definition) is 7. The number of amides is 1. The van der Waals surface area contributed by atoms with Gasteiger partial charge in [-0.05, 0) is 71.8 Å². The molecule has 5 aromatic rings. The highest BCUT2D eigenvalue weighted by Gasteiger charge is 2.17. The molecule has 1 heterocycles. The van der Waals surface area contributed by atoms with Gasteiger partial charge in [-0.2, -0.15) is 5.10 Å². The van der Waals surface area contributed by atoms with Crippen LogP contribution in [0.3, 0.4) is 0 Å². The van der Waals surface area contributed by atoms with Gasteiger partial charge >= 0.3 is 0 Å². The normalized spacial score (nSPS) is 10.9. The van der Waals surface area contributed by atoms with Crippen LogP contribution in [0.1, 0.15) is 11.1 Å². The Labute approximate surface area is 236 Å². The van der Waals surface area contributed by atoms with E-state index in [2.05, 4.69) is 20.7 Å². The number of carbonyl (C=O) groups excluding carboxylic acids is 1. The van der Waals surface area contributed by atoms with E-state index in [0.717, 1.165) is 33.9 Å². The lowest BCUT2D eigenvalue weighted by Gasteiger charge is -2.10. The van der Waals surface area contributed by atoms with Crippen molar-refractivity contribution in [3.05, 3.63) is 120 Å². The lowest BCUT2D eigenvalue weighted by atomic mass is 10.2. The number of para-hydroxylation sites is 1. The molecule has 0 saturated heterocycles. The zero-order chi connectivity index (χ0) is 27.6. The Kier molecular flexibility index (Phi) is 8.85. The number of benzene rings is 4. The quantitative estimate of drug-likeness (QED) is 0.128. The first kappa shape index (κ1) is 26.7. The van der Waals surface area contributed by atoms with Crippen LogP contribution in [0.15, 0.2) is 119 Å². The highest BCUT2D eigenvalue weighted by molar-refractivity contribution is 7.99. The summed E-state index contributed by atoms with van der Waals surface area (Å²) in [7, 11) is 1.63. The molecule has 5 rings (SSSR count). The zero-order valence-electron chi connectivity index (χ0n) is 21.8. The van der Waals surface area contributed by atoms with Crippen molar-refractivity contribution in [3.63, 3.8) is 0 Å². The zero-order valence-corrected chi connectivity index (χ0v) is 22.6. The summed E-state index contributed by atoms with van der Waals surface area (Å²) in [6.45, 7) is 0.502. The topological polar surface area (TPSA) is 90.6 Å². The number of hydrazone groups is 1. The molecule has 0 bridgehead atoms. The van der Waals surface area contributed by atoms with Crippen molar-refractivity contribution in [3.8, 4) is 28.6 Å². The fourth-order valence-electron chi connectivity index (χ4n) is 3.83. The maximum absolute atomic E-state index is 12.5. The van der Waals surface area contributed by atoms with E-state index in [1.807, 2.05) is 114 Å². The first-order valence-electron chi connectivity index (χ1n) is 12.6. The van der Waals surface area contributed by atoms with E-state index < -0.39 is 0 Å². The largest absolute Gasteiger partial charge is 0.497 e. The van der Waals surface area contributed by atoms with Crippen molar-refractivity contribution in [2.24, 2.45) is 5.10 Å². The van der Waals surface area contributed by atoms with E-state index in [1.165, 1.54) is 11.8 Å². The van der Waals surface area contributed by atoms with Gasteiger partial charge in [0.25, 0.3) is 5.91 Å². The predicted octanol–water partition coefficient (Wildman–Crippen LogP) is 5.76.